The predicted molar refractivity (Wildman–Crippen MR) is 44.0 cm³/mol. The van der Waals surface area contributed by atoms with E-state index in [1.165, 1.54) is 0 Å². The van der Waals surface area contributed by atoms with E-state index in [0.29, 0.717) is 5.70 Å². The van der Waals surface area contributed by atoms with Crippen LogP contribution in [-0.2, 0) is 4.79 Å². The molecule has 0 fully saturated rings. The Kier molecular flexibility index (Phi) is 4.03. The van der Waals surface area contributed by atoms with Crippen LogP contribution < -0.4 is 5.73 Å². The molecule has 0 unspecified atom stereocenters. The summed E-state index contributed by atoms with van der Waals surface area (Å²) in [6.45, 7) is 3.51. The van der Waals surface area contributed by atoms with Crippen molar-refractivity contribution < 1.29 is 9.90 Å². The predicted octanol–water partition coefficient (Wildman–Crippen LogP) is 1.27. The zero-order valence-corrected chi connectivity index (χ0v) is 6.79. The maximum atomic E-state index is 10.2. The smallest absolute Gasteiger partial charge is 0.307 e. The number of carboxylic acids is 1. The van der Waals surface area contributed by atoms with Gasteiger partial charge in [-0.25, -0.2) is 0 Å². The fraction of sp³-hybridized carbons (Fsp3) is 0.375. The van der Waals surface area contributed by atoms with Gasteiger partial charge in [0.05, 0.1) is 6.42 Å². The zero-order chi connectivity index (χ0) is 8.85. The van der Waals surface area contributed by atoms with E-state index in [-0.39, 0.29) is 6.42 Å². The summed E-state index contributed by atoms with van der Waals surface area (Å²) in [4.78, 5) is 10.2. The molecule has 11 heavy (non-hydrogen) atoms. The van der Waals surface area contributed by atoms with Gasteiger partial charge in [0.15, 0.2) is 0 Å². The average molecular weight is 155 g/mol. The summed E-state index contributed by atoms with van der Waals surface area (Å²) >= 11 is 0. The molecule has 0 aromatic carbocycles. The highest BCUT2D eigenvalue weighted by Gasteiger charge is 1.95. The Morgan fingerprint density at radius 2 is 2.00 bits per heavy atom. The maximum absolute atomic E-state index is 10.2. The van der Waals surface area contributed by atoms with Gasteiger partial charge in [0, 0.05) is 5.70 Å². The van der Waals surface area contributed by atoms with Gasteiger partial charge in [-0.2, -0.15) is 0 Å². The van der Waals surface area contributed by atoms with Crippen molar-refractivity contribution in [1.29, 1.82) is 0 Å². The van der Waals surface area contributed by atoms with Crippen LogP contribution in [0.1, 0.15) is 20.3 Å². The fourth-order valence-electron chi connectivity index (χ4n) is 0.571. The third kappa shape index (κ3) is 6.64. The number of nitrogens with two attached hydrogens (primary N) is 1. The molecule has 0 rings (SSSR count). The number of hydrogen-bond acceptors (Lipinski definition) is 2. The molecule has 0 atom stereocenters. The molecule has 0 aromatic rings. The second-order valence-corrected chi connectivity index (χ2v) is 2.49. The first-order valence-electron chi connectivity index (χ1n) is 3.33. The number of allylic oxidation sites excluding steroid dienone is 3. The quantitative estimate of drug-likeness (QED) is 0.603. The van der Waals surface area contributed by atoms with Gasteiger partial charge in [0.2, 0.25) is 0 Å². The van der Waals surface area contributed by atoms with Gasteiger partial charge in [-0.05, 0) is 19.9 Å². The molecule has 0 spiro atoms. The molecule has 0 aromatic heterocycles. The molecule has 0 amide bonds. The lowest BCUT2D eigenvalue weighted by molar-refractivity contribution is -0.136. The van der Waals surface area contributed by atoms with Crippen molar-refractivity contribution >= 4 is 5.97 Å². The monoisotopic (exact) mass is 155 g/mol. The van der Waals surface area contributed by atoms with E-state index in [9.17, 15) is 4.79 Å². The lowest BCUT2D eigenvalue weighted by Crippen LogP contribution is -1.95. The van der Waals surface area contributed by atoms with Crippen LogP contribution in [0.4, 0.5) is 0 Å². The van der Waals surface area contributed by atoms with Crippen LogP contribution in [0, 0.1) is 0 Å². The second-order valence-electron chi connectivity index (χ2n) is 2.49. The lowest BCUT2D eigenvalue weighted by Gasteiger charge is -1.92. The highest BCUT2D eigenvalue weighted by molar-refractivity contribution is 5.69. The van der Waals surface area contributed by atoms with Crippen molar-refractivity contribution in [3.05, 3.63) is 23.4 Å². The third-order valence-electron chi connectivity index (χ3n) is 1.06. The molecule has 0 aliphatic carbocycles. The minimum absolute atomic E-state index is 0.0732. The van der Waals surface area contributed by atoms with E-state index in [1.54, 1.807) is 26.0 Å². The summed E-state index contributed by atoms with van der Waals surface area (Å²) in [6.07, 6.45) is 3.48. The summed E-state index contributed by atoms with van der Waals surface area (Å²) in [5, 5.41) is 8.36. The Morgan fingerprint density at radius 3 is 2.36 bits per heavy atom. The summed E-state index contributed by atoms with van der Waals surface area (Å²) in [5.74, 6) is -0.818. The van der Waals surface area contributed by atoms with Crippen molar-refractivity contribution in [3.63, 3.8) is 0 Å². The number of carbonyl (C=O) groups is 1. The Balaban J connectivity index is 4.02. The molecule has 0 saturated carbocycles. The van der Waals surface area contributed by atoms with E-state index in [2.05, 4.69) is 0 Å². The molecule has 0 saturated heterocycles. The normalized spacial score (nSPS) is 13.3. The fourth-order valence-corrected chi connectivity index (χ4v) is 0.571. The van der Waals surface area contributed by atoms with E-state index >= 15 is 0 Å². The molecule has 62 valence electrons. The number of hydrogen-bond donors (Lipinski definition) is 2. The molecular weight excluding hydrogens is 142 g/mol. The Morgan fingerprint density at radius 1 is 1.45 bits per heavy atom. The lowest BCUT2D eigenvalue weighted by atomic mass is 10.2. The van der Waals surface area contributed by atoms with Crippen molar-refractivity contribution in [3.8, 4) is 0 Å². The van der Waals surface area contributed by atoms with Crippen LogP contribution in [0.2, 0.25) is 0 Å². The Bertz CT molecular complexity index is 200. The van der Waals surface area contributed by atoms with Crippen LogP contribution in [0.25, 0.3) is 0 Å². The van der Waals surface area contributed by atoms with E-state index in [1.807, 2.05) is 0 Å². The number of aliphatic carboxylic acids is 1. The van der Waals surface area contributed by atoms with Crippen molar-refractivity contribution in [2.45, 2.75) is 20.3 Å². The topological polar surface area (TPSA) is 63.3 Å². The van der Waals surface area contributed by atoms with Gasteiger partial charge < -0.3 is 10.8 Å². The van der Waals surface area contributed by atoms with Crippen molar-refractivity contribution in [2.75, 3.05) is 0 Å². The summed E-state index contributed by atoms with van der Waals surface area (Å²) < 4.78 is 0. The van der Waals surface area contributed by atoms with E-state index < -0.39 is 5.97 Å². The standard InChI is InChI=1S/C8H13NO2/c1-6(5-8(10)11)3-4-7(2)9/h3-4H,5,9H2,1-2H3,(H,10,11)/b6-3+,7-4+. The SMILES string of the molecule is C/C(N)=C\C=C(/C)CC(=O)O. The molecule has 3 N–H and O–H groups in total. The van der Waals surface area contributed by atoms with Crippen LogP contribution >= 0.6 is 0 Å². The third-order valence-corrected chi connectivity index (χ3v) is 1.06. The van der Waals surface area contributed by atoms with Gasteiger partial charge in [-0.3, -0.25) is 4.79 Å². The summed E-state index contributed by atoms with van der Waals surface area (Å²) in [6, 6.07) is 0. The zero-order valence-electron chi connectivity index (χ0n) is 6.79. The first-order valence-corrected chi connectivity index (χ1v) is 3.33. The van der Waals surface area contributed by atoms with Crippen molar-refractivity contribution in [1.82, 2.24) is 0 Å². The van der Waals surface area contributed by atoms with E-state index in [0.717, 1.165) is 5.57 Å². The van der Waals surface area contributed by atoms with E-state index in [4.69, 9.17) is 10.8 Å². The van der Waals surface area contributed by atoms with Crippen LogP contribution in [0.3, 0.4) is 0 Å². The molecule has 3 nitrogen and oxygen atoms in total. The highest BCUT2D eigenvalue weighted by atomic mass is 16.4. The maximum Gasteiger partial charge on any atom is 0.307 e. The van der Waals surface area contributed by atoms with Crippen LogP contribution in [-0.4, -0.2) is 11.1 Å². The molecule has 0 heterocycles. The highest BCUT2D eigenvalue weighted by Crippen LogP contribution is 1.99. The van der Waals surface area contributed by atoms with Gasteiger partial charge in [0.25, 0.3) is 0 Å². The molecule has 0 bridgehead atoms. The molecular formula is C8H13NO2. The largest absolute Gasteiger partial charge is 0.481 e. The molecule has 0 aliphatic rings. The van der Waals surface area contributed by atoms with Gasteiger partial charge >= 0.3 is 5.97 Å². The second kappa shape index (κ2) is 4.55. The minimum atomic E-state index is -0.818. The first kappa shape index (κ1) is 9.75. The molecule has 0 radical (unpaired) electrons. The average Bonchev–Trinajstić information content (AvgIpc) is 1.82. The van der Waals surface area contributed by atoms with Crippen LogP contribution in [0.5, 0.6) is 0 Å². The van der Waals surface area contributed by atoms with Crippen LogP contribution in [0.15, 0.2) is 23.4 Å². The summed E-state index contributed by atoms with van der Waals surface area (Å²) in [7, 11) is 0. The van der Waals surface area contributed by atoms with Gasteiger partial charge in [0.1, 0.15) is 0 Å². The molecule has 0 aliphatic heterocycles. The Labute approximate surface area is 66.2 Å². The number of carboxylic acid groups (broad SMARTS) is 1. The van der Waals surface area contributed by atoms with Crippen molar-refractivity contribution in [2.24, 2.45) is 5.73 Å². The first-order chi connectivity index (χ1) is 5.02. The number of rotatable bonds is 3. The Hall–Kier alpha value is -1.25. The van der Waals surface area contributed by atoms with Gasteiger partial charge in [-0.1, -0.05) is 11.6 Å². The summed E-state index contributed by atoms with van der Waals surface area (Å²) in [5.41, 5.74) is 6.81. The molecule has 3 heteroatoms. The minimum Gasteiger partial charge on any atom is -0.481 e. The van der Waals surface area contributed by atoms with Gasteiger partial charge in [-0.15, -0.1) is 0 Å².